The minimum atomic E-state index is 0.415. The molecule has 1 fully saturated rings. The number of aliphatic imine (C=N–C) groups is 1. The van der Waals surface area contributed by atoms with Crippen molar-refractivity contribution < 1.29 is 4.74 Å². The van der Waals surface area contributed by atoms with Crippen LogP contribution in [0.3, 0.4) is 0 Å². The molecular formula is C23H25N5OS. The molecule has 0 aromatic heterocycles. The second-order valence-electron chi connectivity index (χ2n) is 7.61. The highest BCUT2D eigenvalue weighted by molar-refractivity contribution is 8.13. The van der Waals surface area contributed by atoms with E-state index in [1.165, 1.54) is 17.5 Å². The summed E-state index contributed by atoms with van der Waals surface area (Å²) in [6.45, 7) is 2.84. The topological polar surface area (TPSA) is 61.8 Å². The summed E-state index contributed by atoms with van der Waals surface area (Å²) in [5, 5.41) is 3.69. The van der Waals surface area contributed by atoms with Crippen LogP contribution in [-0.2, 0) is 6.42 Å². The van der Waals surface area contributed by atoms with E-state index in [0.717, 1.165) is 66.5 Å². The van der Waals surface area contributed by atoms with E-state index >= 15 is 0 Å². The molecule has 3 heterocycles. The van der Waals surface area contributed by atoms with Crippen LogP contribution in [0.2, 0.25) is 0 Å². The van der Waals surface area contributed by atoms with Crippen LogP contribution in [0.1, 0.15) is 12.0 Å². The van der Waals surface area contributed by atoms with E-state index in [9.17, 15) is 0 Å². The van der Waals surface area contributed by atoms with E-state index < -0.39 is 0 Å². The fourth-order valence-electron chi connectivity index (χ4n) is 4.30. The zero-order chi connectivity index (χ0) is 20.3. The molecule has 0 saturated carbocycles. The van der Waals surface area contributed by atoms with Crippen LogP contribution in [0, 0.1) is 0 Å². The lowest BCUT2D eigenvalue weighted by Crippen LogP contribution is -2.51. The third kappa shape index (κ3) is 3.70. The molecule has 1 aromatic rings. The van der Waals surface area contributed by atoms with Gasteiger partial charge in [-0.05, 0) is 48.6 Å². The molecule has 3 aliphatic heterocycles. The van der Waals surface area contributed by atoms with E-state index in [2.05, 4.69) is 39.2 Å². The molecule has 1 unspecified atom stereocenters. The molecule has 2 N–H and O–H groups in total. The molecule has 0 amide bonds. The monoisotopic (exact) mass is 419 g/mol. The molecule has 1 atom stereocenters. The Hall–Kier alpha value is -2.77. The molecule has 1 aromatic carbocycles. The van der Waals surface area contributed by atoms with E-state index in [0.29, 0.717) is 6.04 Å². The number of piperazine rings is 1. The van der Waals surface area contributed by atoms with Crippen molar-refractivity contribution in [2.24, 2.45) is 4.99 Å². The summed E-state index contributed by atoms with van der Waals surface area (Å²) in [6.07, 6.45) is 3.96. The van der Waals surface area contributed by atoms with Crippen LogP contribution < -0.4 is 19.7 Å². The molecule has 1 saturated heterocycles. The first-order valence-corrected chi connectivity index (χ1v) is 11.2. The highest BCUT2D eigenvalue weighted by atomic mass is 32.2. The largest absolute Gasteiger partial charge is 0.497 e. The minimum absolute atomic E-state index is 0.415. The maximum absolute atomic E-state index is 5.36. The average molecular weight is 420 g/mol. The van der Waals surface area contributed by atoms with Gasteiger partial charge in [-0.15, -0.1) is 0 Å². The Morgan fingerprint density at radius 3 is 3.13 bits per heavy atom. The number of aromatic nitrogens is 1. The van der Waals surface area contributed by atoms with E-state index in [1.54, 1.807) is 7.11 Å². The number of ether oxygens (including phenoxy) is 1. The van der Waals surface area contributed by atoms with Gasteiger partial charge in [-0.3, -0.25) is 4.98 Å². The maximum atomic E-state index is 5.36. The van der Waals surface area contributed by atoms with Gasteiger partial charge in [0.05, 0.1) is 29.7 Å². The molecule has 4 aliphatic rings. The second kappa shape index (κ2) is 8.53. The van der Waals surface area contributed by atoms with Crippen molar-refractivity contribution in [1.82, 2.24) is 10.3 Å². The number of benzene rings is 1. The van der Waals surface area contributed by atoms with Gasteiger partial charge in [0.25, 0.3) is 0 Å². The Labute approximate surface area is 181 Å². The molecule has 30 heavy (non-hydrogen) atoms. The quantitative estimate of drug-likeness (QED) is 0.600. The maximum Gasteiger partial charge on any atom is 0.119 e. The van der Waals surface area contributed by atoms with Crippen molar-refractivity contribution in [1.29, 1.82) is 0 Å². The predicted octanol–water partition coefficient (Wildman–Crippen LogP) is 4.34. The smallest absolute Gasteiger partial charge is 0.119 e. The highest BCUT2D eigenvalue weighted by Crippen LogP contribution is 2.52. The van der Waals surface area contributed by atoms with Gasteiger partial charge >= 0.3 is 0 Å². The van der Waals surface area contributed by atoms with Crippen molar-refractivity contribution >= 4 is 34.6 Å². The highest BCUT2D eigenvalue weighted by Gasteiger charge is 2.31. The van der Waals surface area contributed by atoms with Crippen LogP contribution >= 0.6 is 11.9 Å². The van der Waals surface area contributed by atoms with Crippen molar-refractivity contribution in [3.8, 4) is 17.0 Å². The normalized spacial score (nSPS) is 18.2. The SMILES string of the molecule is COc1cccc(CCC2CN(c3c4nccccc-4c4c3N=CSN4)CCN2)c1. The van der Waals surface area contributed by atoms with E-state index in [1.807, 2.05) is 29.9 Å². The molecule has 154 valence electrons. The van der Waals surface area contributed by atoms with E-state index in [4.69, 9.17) is 14.7 Å². The minimum Gasteiger partial charge on any atom is -0.497 e. The third-order valence-corrected chi connectivity index (χ3v) is 6.29. The number of aryl methyl sites for hydroxylation is 1. The molecule has 0 radical (unpaired) electrons. The fraction of sp³-hybridized carbons (Fsp3) is 0.304. The van der Waals surface area contributed by atoms with Crippen molar-refractivity contribution in [2.75, 3.05) is 36.4 Å². The first-order chi connectivity index (χ1) is 14.8. The van der Waals surface area contributed by atoms with Crippen molar-refractivity contribution in [2.45, 2.75) is 18.9 Å². The van der Waals surface area contributed by atoms with Gasteiger partial charge in [-0.25, -0.2) is 4.99 Å². The van der Waals surface area contributed by atoms with Gasteiger partial charge in [-0.2, -0.15) is 0 Å². The van der Waals surface area contributed by atoms with Gasteiger partial charge in [0.1, 0.15) is 11.4 Å². The number of rotatable bonds is 5. The molecule has 6 nitrogen and oxygen atoms in total. The Kier molecular flexibility index (Phi) is 5.46. The van der Waals surface area contributed by atoms with Crippen LogP contribution in [0.5, 0.6) is 5.75 Å². The summed E-state index contributed by atoms with van der Waals surface area (Å²) in [5.41, 5.74) is 8.55. The lowest BCUT2D eigenvalue weighted by molar-refractivity contribution is 0.413. The molecular weight excluding hydrogens is 394 g/mol. The lowest BCUT2D eigenvalue weighted by atomic mass is 10.0. The Bertz CT molecular complexity index is 1040. The van der Waals surface area contributed by atoms with Crippen molar-refractivity contribution in [3.05, 3.63) is 54.2 Å². The fourth-order valence-corrected chi connectivity index (χ4v) is 4.84. The van der Waals surface area contributed by atoms with Gasteiger partial charge in [0, 0.05) is 37.4 Å². The first kappa shape index (κ1) is 19.2. The summed E-state index contributed by atoms with van der Waals surface area (Å²) in [7, 11) is 1.72. The van der Waals surface area contributed by atoms with Gasteiger partial charge < -0.3 is 19.7 Å². The first-order valence-electron chi connectivity index (χ1n) is 10.3. The Balaban J connectivity index is 1.38. The number of nitrogens with zero attached hydrogens (tertiary/aromatic N) is 3. The van der Waals surface area contributed by atoms with Gasteiger partial charge in [0.15, 0.2) is 0 Å². The summed E-state index contributed by atoms with van der Waals surface area (Å²) in [4.78, 5) is 11.9. The number of methoxy groups -OCH3 is 1. The average Bonchev–Trinajstić information content (AvgIpc) is 2.93. The zero-order valence-electron chi connectivity index (χ0n) is 17.0. The number of fused-ring (bicyclic) bond motifs is 3. The van der Waals surface area contributed by atoms with Crippen LogP contribution in [0.25, 0.3) is 11.3 Å². The standard InChI is InChI=1S/C23H25N5OS/c1-29-18-6-4-5-16(13-18)8-9-17-14-28(12-11-24-17)23-21-19(7-2-3-10-25-21)20-22(23)26-15-30-27-20/h2-7,10,13,15,17,24,27H,8-9,11-12,14H2,1H3. The number of hydrogen-bond donors (Lipinski definition) is 2. The Morgan fingerprint density at radius 1 is 1.23 bits per heavy atom. The van der Waals surface area contributed by atoms with E-state index in [-0.39, 0.29) is 0 Å². The summed E-state index contributed by atoms with van der Waals surface area (Å²) in [6, 6.07) is 14.9. The predicted molar refractivity (Wildman–Crippen MR) is 126 cm³/mol. The molecule has 0 bridgehead atoms. The number of anilines is 2. The van der Waals surface area contributed by atoms with Crippen LogP contribution in [0.4, 0.5) is 17.1 Å². The summed E-state index contributed by atoms with van der Waals surface area (Å²) < 4.78 is 8.78. The number of hydrogen-bond acceptors (Lipinski definition) is 7. The molecule has 7 heteroatoms. The molecule has 5 rings (SSSR count). The van der Waals surface area contributed by atoms with Crippen LogP contribution in [0.15, 0.2) is 53.7 Å². The molecule has 1 aliphatic carbocycles. The second-order valence-corrected chi connectivity index (χ2v) is 8.26. The molecule has 0 spiro atoms. The van der Waals surface area contributed by atoms with Gasteiger partial charge in [-0.1, -0.05) is 24.3 Å². The third-order valence-electron chi connectivity index (χ3n) is 5.76. The summed E-state index contributed by atoms with van der Waals surface area (Å²) >= 11 is 1.51. The Morgan fingerprint density at radius 2 is 2.20 bits per heavy atom. The number of nitrogens with one attached hydrogen (secondary N) is 2. The van der Waals surface area contributed by atoms with Crippen LogP contribution in [-0.4, -0.2) is 43.3 Å². The summed E-state index contributed by atoms with van der Waals surface area (Å²) in [5.74, 6) is 0.919. The van der Waals surface area contributed by atoms with Gasteiger partial charge in [0.2, 0.25) is 0 Å². The van der Waals surface area contributed by atoms with Crippen molar-refractivity contribution in [3.63, 3.8) is 0 Å². The lowest BCUT2D eigenvalue weighted by Gasteiger charge is -2.35. The zero-order valence-corrected chi connectivity index (χ0v) is 17.8.